The Hall–Kier alpha value is -1.77. The van der Waals surface area contributed by atoms with Crippen molar-refractivity contribution < 1.29 is 14.4 Å². The third-order valence-electron chi connectivity index (χ3n) is 6.95. The minimum absolute atomic E-state index is 0.0391. The number of carbonyl (C=O) groups excluding carboxylic acids is 3. The summed E-state index contributed by atoms with van der Waals surface area (Å²) in [5.74, 6) is -0.941. The van der Waals surface area contributed by atoms with Gasteiger partial charge in [0.15, 0.2) is 11.6 Å². The Labute approximate surface area is 176 Å². The third kappa shape index (κ3) is 4.54. The molecule has 29 heavy (non-hydrogen) atoms. The molecule has 2 aliphatic rings. The number of rotatable bonds is 7. The smallest absolute Gasteiger partial charge is 0.157 e. The molecule has 0 heterocycles. The van der Waals surface area contributed by atoms with Crippen LogP contribution in [0.2, 0.25) is 0 Å². The molecule has 0 aromatic carbocycles. The van der Waals surface area contributed by atoms with Crippen LogP contribution in [-0.4, -0.2) is 17.3 Å². The highest BCUT2D eigenvalue weighted by Gasteiger charge is 2.65. The van der Waals surface area contributed by atoms with Gasteiger partial charge in [0.1, 0.15) is 5.78 Å². The zero-order chi connectivity index (χ0) is 22.0. The molecule has 0 amide bonds. The molecule has 3 heteroatoms. The molecule has 0 spiro atoms. The van der Waals surface area contributed by atoms with Gasteiger partial charge in [-0.05, 0) is 79.1 Å². The van der Waals surface area contributed by atoms with E-state index < -0.39 is 16.7 Å². The summed E-state index contributed by atoms with van der Waals surface area (Å²) >= 11 is 0. The first kappa shape index (κ1) is 23.5. The number of ketones is 3. The quantitative estimate of drug-likeness (QED) is 0.380. The second-order valence-electron chi connectivity index (χ2n) is 10.1. The Morgan fingerprint density at radius 2 is 1.48 bits per heavy atom. The van der Waals surface area contributed by atoms with Crippen LogP contribution >= 0.6 is 0 Å². The lowest BCUT2D eigenvalue weighted by molar-refractivity contribution is -0.170. The highest BCUT2D eigenvalue weighted by molar-refractivity contribution is 6.20. The SMILES string of the molecule is CC(C)=CCC[C@@]1(C)[C@H]2C(=O)CC[C@](CC=C(C)C)(C2=O)C(=O)[C@H]1CC=C(C)C. The van der Waals surface area contributed by atoms with Crippen LogP contribution in [0, 0.1) is 22.7 Å². The molecule has 160 valence electrons. The summed E-state index contributed by atoms with van der Waals surface area (Å²) in [5.41, 5.74) is 1.86. The zero-order valence-electron chi connectivity index (χ0n) is 19.4. The lowest BCUT2D eigenvalue weighted by atomic mass is 9.45. The Bertz CT molecular complexity index is 770. The summed E-state index contributed by atoms with van der Waals surface area (Å²) in [6.07, 6.45) is 9.49. The van der Waals surface area contributed by atoms with Crippen LogP contribution in [0.5, 0.6) is 0 Å². The largest absolute Gasteiger partial charge is 0.299 e. The molecule has 0 N–H and O–H groups in total. The van der Waals surface area contributed by atoms with Crippen LogP contribution in [0.3, 0.4) is 0 Å². The monoisotopic (exact) mass is 398 g/mol. The highest BCUT2D eigenvalue weighted by Crippen LogP contribution is 2.58. The van der Waals surface area contributed by atoms with Crippen molar-refractivity contribution >= 4 is 17.3 Å². The van der Waals surface area contributed by atoms with Crippen molar-refractivity contribution in [1.29, 1.82) is 0 Å². The van der Waals surface area contributed by atoms with Crippen molar-refractivity contribution in [3.8, 4) is 0 Å². The van der Waals surface area contributed by atoms with Crippen molar-refractivity contribution in [1.82, 2.24) is 0 Å². The molecule has 3 nitrogen and oxygen atoms in total. The maximum atomic E-state index is 13.9. The fourth-order valence-corrected chi connectivity index (χ4v) is 5.17. The molecular formula is C26H38O3. The van der Waals surface area contributed by atoms with Gasteiger partial charge in [0.25, 0.3) is 0 Å². The molecule has 4 atom stereocenters. The lowest BCUT2D eigenvalue weighted by Crippen LogP contribution is -2.64. The second-order valence-corrected chi connectivity index (χ2v) is 10.1. The van der Waals surface area contributed by atoms with Crippen molar-refractivity contribution in [3.63, 3.8) is 0 Å². The van der Waals surface area contributed by atoms with Gasteiger partial charge in [-0.3, -0.25) is 14.4 Å². The molecule has 0 aromatic heterocycles. The number of carbonyl (C=O) groups is 3. The first-order chi connectivity index (χ1) is 13.5. The lowest BCUT2D eigenvalue weighted by Gasteiger charge is -2.54. The van der Waals surface area contributed by atoms with Gasteiger partial charge < -0.3 is 0 Å². The van der Waals surface area contributed by atoms with Gasteiger partial charge in [-0.2, -0.15) is 0 Å². The molecule has 2 aliphatic carbocycles. The molecule has 2 saturated carbocycles. The Morgan fingerprint density at radius 3 is 2.03 bits per heavy atom. The van der Waals surface area contributed by atoms with Crippen LogP contribution in [0.4, 0.5) is 0 Å². The minimum atomic E-state index is -1.01. The summed E-state index contributed by atoms with van der Waals surface area (Å²) in [7, 11) is 0. The number of hydrogen-bond donors (Lipinski definition) is 0. The Balaban J connectivity index is 2.57. The summed E-state index contributed by atoms with van der Waals surface area (Å²) in [6, 6.07) is 0. The van der Waals surface area contributed by atoms with E-state index in [4.69, 9.17) is 0 Å². The van der Waals surface area contributed by atoms with Gasteiger partial charge in [-0.1, -0.05) is 41.9 Å². The number of Topliss-reactive ketones (excluding diaryl/α,β-unsaturated/α-hetero) is 3. The Kier molecular flexibility index (Phi) is 7.24. The van der Waals surface area contributed by atoms with E-state index in [0.29, 0.717) is 32.1 Å². The van der Waals surface area contributed by atoms with Gasteiger partial charge in [-0.25, -0.2) is 0 Å². The number of hydrogen-bond acceptors (Lipinski definition) is 3. The standard InChI is InChI=1S/C26H38O3/c1-17(2)9-8-14-25(7)20(11-10-18(3)4)23(28)26(15-12-19(5)6)16-13-21(27)22(25)24(26)29/h9-10,12,20,22H,8,11,13-16H2,1-7H3/t20-,22+,25-,26+/m1/s1. The van der Waals surface area contributed by atoms with Gasteiger partial charge in [-0.15, -0.1) is 0 Å². The van der Waals surface area contributed by atoms with E-state index in [2.05, 4.69) is 26.0 Å². The number of allylic oxidation sites excluding steroid dienone is 6. The number of fused-ring (bicyclic) bond motifs is 2. The van der Waals surface area contributed by atoms with E-state index >= 15 is 0 Å². The van der Waals surface area contributed by atoms with E-state index in [1.54, 1.807) is 0 Å². The van der Waals surface area contributed by atoms with Gasteiger partial charge in [0.05, 0.1) is 11.3 Å². The molecule has 2 bridgehead atoms. The summed E-state index contributed by atoms with van der Waals surface area (Å²) in [6.45, 7) is 14.2. The van der Waals surface area contributed by atoms with Crippen molar-refractivity contribution in [3.05, 3.63) is 34.9 Å². The van der Waals surface area contributed by atoms with E-state index in [0.717, 1.165) is 17.6 Å². The summed E-state index contributed by atoms with van der Waals surface area (Å²) < 4.78 is 0. The van der Waals surface area contributed by atoms with Crippen LogP contribution < -0.4 is 0 Å². The highest BCUT2D eigenvalue weighted by atomic mass is 16.2. The van der Waals surface area contributed by atoms with Crippen molar-refractivity contribution in [2.45, 2.75) is 87.0 Å². The van der Waals surface area contributed by atoms with E-state index in [1.807, 2.05) is 40.7 Å². The van der Waals surface area contributed by atoms with Crippen molar-refractivity contribution in [2.24, 2.45) is 22.7 Å². The minimum Gasteiger partial charge on any atom is -0.299 e. The summed E-state index contributed by atoms with van der Waals surface area (Å²) in [5, 5.41) is 0. The molecule has 0 aliphatic heterocycles. The zero-order valence-corrected chi connectivity index (χ0v) is 19.4. The van der Waals surface area contributed by atoms with Crippen LogP contribution in [-0.2, 0) is 14.4 Å². The van der Waals surface area contributed by atoms with E-state index in [1.165, 1.54) is 5.57 Å². The first-order valence-electron chi connectivity index (χ1n) is 11.0. The van der Waals surface area contributed by atoms with Gasteiger partial charge in [0, 0.05) is 12.3 Å². The molecule has 0 aromatic rings. The molecule has 0 radical (unpaired) electrons. The molecule has 2 fully saturated rings. The average molecular weight is 399 g/mol. The fraction of sp³-hybridized carbons (Fsp3) is 0.654. The van der Waals surface area contributed by atoms with E-state index in [-0.39, 0.29) is 23.3 Å². The first-order valence-corrected chi connectivity index (χ1v) is 11.0. The second kappa shape index (κ2) is 8.93. The molecular weight excluding hydrogens is 360 g/mol. The maximum absolute atomic E-state index is 13.9. The summed E-state index contributed by atoms with van der Waals surface area (Å²) in [4.78, 5) is 40.6. The Morgan fingerprint density at radius 1 is 0.897 bits per heavy atom. The van der Waals surface area contributed by atoms with Crippen LogP contribution in [0.1, 0.15) is 87.0 Å². The van der Waals surface area contributed by atoms with Gasteiger partial charge in [0.2, 0.25) is 0 Å². The normalized spacial score (nSPS) is 31.3. The van der Waals surface area contributed by atoms with Crippen LogP contribution in [0.15, 0.2) is 34.9 Å². The maximum Gasteiger partial charge on any atom is 0.157 e. The average Bonchev–Trinajstić information content (AvgIpc) is 2.59. The third-order valence-corrected chi connectivity index (χ3v) is 6.95. The molecule has 0 unspecified atom stereocenters. The van der Waals surface area contributed by atoms with Gasteiger partial charge >= 0.3 is 0 Å². The molecule has 2 rings (SSSR count). The molecule has 0 saturated heterocycles. The predicted octanol–water partition coefficient (Wildman–Crippen LogP) is 6.19. The predicted molar refractivity (Wildman–Crippen MR) is 119 cm³/mol. The van der Waals surface area contributed by atoms with Crippen molar-refractivity contribution in [2.75, 3.05) is 0 Å². The topological polar surface area (TPSA) is 51.2 Å². The fourth-order valence-electron chi connectivity index (χ4n) is 5.17. The van der Waals surface area contributed by atoms with E-state index in [9.17, 15) is 14.4 Å². The van der Waals surface area contributed by atoms with Crippen LogP contribution in [0.25, 0.3) is 0 Å².